The molecule has 0 radical (unpaired) electrons. The molecule has 0 aliphatic carbocycles. The van der Waals surface area contributed by atoms with Crippen molar-refractivity contribution in [1.82, 2.24) is 0 Å². The zero-order chi connectivity index (χ0) is 23.0. The molecule has 1 aliphatic heterocycles. The first-order valence-corrected chi connectivity index (χ1v) is 9.39. The minimum atomic E-state index is -0.717. The van der Waals surface area contributed by atoms with E-state index in [-0.39, 0.29) is 29.8 Å². The normalized spacial score (nSPS) is 20.2. The third-order valence-electron chi connectivity index (χ3n) is 5.86. The maximum Gasteiger partial charge on any atom is 0.495 e. The van der Waals surface area contributed by atoms with Gasteiger partial charge in [0.15, 0.2) is 0 Å². The topological polar surface area (TPSA) is 31.6 Å². The molecule has 1 aromatic heterocycles. The molecule has 0 N–H and O–H groups in total. The highest BCUT2D eigenvalue weighted by atomic mass is 16.7. The number of hydrogen-bond acceptors (Lipinski definition) is 3. The van der Waals surface area contributed by atoms with Gasteiger partial charge in [0.2, 0.25) is 0 Å². The molecule has 1 saturated heterocycles. The second-order valence-corrected chi connectivity index (χ2v) is 8.20. The summed E-state index contributed by atoms with van der Waals surface area (Å²) < 4.78 is 51.8. The van der Waals surface area contributed by atoms with Crippen molar-refractivity contribution in [3.8, 4) is 11.1 Å². The summed E-state index contributed by atoms with van der Waals surface area (Å²) in [5, 5.41) is 0.931. The molecular weight excluding hydrogens is 347 g/mol. The molecule has 2 heterocycles. The maximum atomic E-state index is 8.53. The van der Waals surface area contributed by atoms with Crippen LogP contribution in [0.1, 0.15) is 33.2 Å². The van der Waals surface area contributed by atoms with Crippen molar-refractivity contribution < 1.29 is 19.2 Å². The predicted octanol–water partition coefficient (Wildman–Crippen LogP) is 5.55. The van der Waals surface area contributed by atoms with E-state index in [1.165, 1.54) is 0 Å². The van der Waals surface area contributed by atoms with E-state index in [1.807, 2.05) is 70.2 Å². The molecule has 1 fully saturated rings. The van der Waals surface area contributed by atoms with Crippen LogP contribution in [-0.4, -0.2) is 18.3 Å². The molecule has 0 saturated carbocycles. The van der Waals surface area contributed by atoms with Gasteiger partial charge >= 0.3 is 7.12 Å². The Morgan fingerprint density at radius 1 is 0.821 bits per heavy atom. The zero-order valence-corrected chi connectivity index (χ0v) is 16.3. The molecule has 5 rings (SSSR count). The third kappa shape index (κ3) is 2.60. The lowest BCUT2D eigenvalue weighted by Gasteiger charge is -2.32. The van der Waals surface area contributed by atoms with Crippen LogP contribution < -0.4 is 5.46 Å². The molecule has 0 unspecified atom stereocenters. The Morgan fingerprint density at radius 3 is 2.21 bits per heavy atom. The summed E-state index contributed by atoms with van der Waals surface area (Å²) in [6.07, 6.45) is 0. The summed E-state index contributed by atoms with van der Waals surface area (Å²) in [6, 6.07) is 12.7. The minimum Gasteiger partial charge on any atom is -0.456 e. The van der Waals surface area contributed by atoms with Gasteiger partial charge in [0.05, 0.1) is 16.7 Å². The van der Waals surface area contributed by atoms with Crippen molar-refractivity contribution in [2.45, 2.75) is 38.9 Å². The van der Waals surface area contributed by atoms with E-state index in [0.717, 1.165) is 11.1 Å². The van der Waals surface area contributed by atoms with Gasteiger partial charge in [-0.15, -0.1) is 0 Å². The van der Waals surface area contributed by atoms with Crippen LogP contribution in [0.5, 0.6) is 0 Å². The van der Waals surface area contributed by atoms with Gasteiger partial charge in [0.1, 0.15) is 11.2 Å². The molecular formula is C24H23BO3. The van der Waals surface area contributed by atoms with Gasteiger partial charge in [0, 0.05) is 10.8 Å². The highest BCUT2D eigenvalue weighted by molar-refractivity contribution is 6.66. The molecule has 0 atom stereocenters. The van der Waals surface area contributed by atoms with Crippen LogP contribution in [0.3, 0.4) is 0 Å². The highest BCUT2D eigenvalue weighted by Crippen LogP contribution is 2.39. The van der Waals surface area contributed by atoms with E-state index in [2.05, 4.69) is 0 Å². The Morgan fingerprint density at radius 2 is 1.50 bits per heavy atom. The van der Waals surface area contributed by atoms with Crippen molar-refractivity contribution in [2.24, 2.45) is 0 Å². The van der Waals surface area contributed by atoms with Crippen LogP contribution >= 0.6 is 0 Å². The van der Waals surface area contributed by atoms with Crippen LogP contribution in [-0.2, 0) is 9.31 Å². The van der Waals surface area contributed by atoms with Crippen molar-refractivity contribution in [3.63, 3.8) is 0 Å². The van der Waals surface area contributed by atoms with Crippen LogP contribution in [0.2, 0.25) is 0 Å². The molecule has 1 aliphatic rings. The minimum absolute atomic E-state index is 0.133. The fourth-order valence-electron chi connectivity index (χ4n) is 3.60. The quantitative estimate of drug-likeness (QED) is 0.431. The van der Waals surface area contributed by atoms with Crippen molar-refractivity contribution in [1.29, 1.82) is 0 Å². The predicted molar refractivity (Wildman–Crippen MR) is 115 cm³/mol. The first-order valence-electron chi connectivity index (χ1n) is 11.4. The molecule has 3 nitrogen and oxygen atoms in total. The summed E-state index contributed by atoms with van der Waals surface area (Å²) in [4.78, 5) is 0. The fourth-order valence-corrected chi connectivity index (χ4v) is 3.60. The summed E-state index contributed by atoms with van der Waals surface area (Å²) >= 11 is 0. The van der Waals surface area contributed by atoms with E-state index in [4.69, 9.17) is 19.2 Å². The van der Waals surface area contributed by atoms with Crippen molar-refractivity contribution in [2.75, 3.05) is 0 Å². The summed E-state index contributed by atoms with van der Waals surface area (Å²) in [7, 11) is -0.717. The summed E-state index contributed by atoms with van der Waals surface area (Å²) in [6.45, 7) is 7.91. The van der Waals surface area contributed by atoms with Crippen molar-refractivity contribution in [3.05, 3.63) is 66.6 Å². The van der Waals surface area contributed by atoms with Gasteiger partial charge in [-0.25, -0.2) is 0 Å². The number of furan rings is 1. The lowest BCUT2D eigenvalue weighted by molar-refractivity contribution is 0.00578. The first-order chi connectivity index (χ1) is 15.0. The van der Waals surface area contributed by atoms with Gasteiger partial charge in [0.25, 0.3) is 0 Å². The molecule has 3 aromatic carbocycles. The second kappa shape index (κ2) is 5.97. The van der Waals surface area contributed by atoms with Gasteiger partial charge in [-0.05, 0) is 56.4 Å². The number of fused-ring (bicyclic) bond motifs is 3. The molecule has 0 spiro atoms. The van der Waals surface area contributed by atoms with Crippen LogP contribution in [0.15, 0.2) is 71.1 Å². The van der Waals surface area contributed by atoms with Gasteiger partial charge in [-0.1, -0.05) is 54.5 Å². The lowest BCUT2D eigenvalue weighted by atomic mass is 9.75. The Bertz CT molecular complexity index is 1360. The monoisotopic (exact) mass is 374 g/mol. The first kappa shape index (κ1) is 13.6. The molecule has 0 amide bonds. The lowest BCUT2D eigenvalue weighted by Crippen LogP contribution is -2.41. The Kier molecular flexibility index (Phi) is 2.90. The SMILES string of the molecule is [2H]c1c([2H])c([2H])c2c(oc3cc(-c4ccccc4)cc(B4OC(C)(C)C(C)(C)O4)c32)c1[2H]. The summed E-state index contributed by atoms with van der Waals surface area (Å²) in [5.41, 5.74) is 2.03. The molecule has 28 heavy (non-hydrogen) atoms. The second-order valence-electron chi connectivity index (χ2n) is 8.20. The van der Waals surface area contributed by atoms with E-state index < -0.39 is 18.3 Å². The van der Waals surface area contributed by atoms with E-state index in [0.29, 0.717) is 21.8 Å². The number of para-hydroxylation sites is 1. The maximum absolute atomic E-state index is 8.53. The van der Waals surface area contributed by atoms with Gasteiger partial charge < -0.3 is 13.7 Å². The zero-order valence-electron chi connectivity index (χ0n) is 20.3. The van der Waals surface area contributed by atoms with E-state index in [9.17, 15) is 0 Å². The van der Waals surface area contributed by atoms with Crippen LogP contribution in [0, 0.1) is 0 Å². The number of rotatable bonds is 2. The third-order valence-corrected chi connectivity index (χ3v) is 5.86. The number of hydrogen-bond donors (Lipinski definition) is 0. The standard InChI is InChI=1S/C24H23BO3/c1-23(2)24(3,4)28-25(27-23)19-14-17(16-10-6-5-7-11-16)15-21-22(19)18-12-8-9-13-20(18)26-21/h5-15H,1-4H3/i8D,9D,12D,13D. The number of benzene rings is 3. The van der Waals surface area contributed by atoms with Crippen LogP contribution in [0.4, 0.5) is 0 Å². The molecule has 4 heteroatoms. The fraction of sp³-hybridized carbons (Fsp3) is 0.250. The van der Waals surface area contributed by atoms with Gasteiger partial charge in [-0.3, -0.25) is 0 Å². The Balaban J connectivity index is 1.88. The smallest absolute Gasteiger partial charge is 0.456 e. The van der Waals surface area contributed by atoms with Crippen LogP contribution in [0.25, 0.3) is 33.1 Å². The Labute approximate surface area is 171 Å². The molecule has 4 aromatic rings. The molecule has 0 bridgehead atoms. The summed E-state index contributed by atoms with van der Waals surface area (Å²) in [5.74, 6) is 0. The molecule has 140 valence electrons. The largest absolute Gasteiger partial charge is 0.495 e. The Hall–Kier alpha value is -2.56. The van der Waals surface area contributed by atoms with E-state index >= 15 is 0 Å². The highest BCUT2D eigenvalue weighted by Gasteiger charge is 2.52. The van der Waals surface area contributed by atoms with Gasteiger partial charge in [-0.2, -0.15) is 0 Å². The van der Waals surface area contributed by atoms with E-state index in [1.54, 1.807) is 0 Å². The van der Waals surface area contributed by atoms with Crippen molar-refractivity contribution >= 4 is 34.5 Å². The average molecular weight is 374 g/mol. The average Bonchev–Trinajstić information content (AvgIpc) is 3.24.